The topological polar surface area (TPSA) is 72.0 Å². The lowest BCUT2D eigenvalue weighted by Crippen LogP contribution is -2.38. The van der Waals surface area contributed by atoms with Gasteiger partial charge in [0.05, 0.1) is 19.6 Å². The zero-order valence-corrected chi connectivity index (χ0v) is 15.9. The van der Waals surface area contributed by atoms with Gasteiger partial charge in [-0.05, 0) is 26.7 Å². The molecule has 21 heavy (non-hydrogen) atoms. The fourth-order valence-electron chi connectivity index (χ4n) is 1.53. The Hall–Kier alpha value is -0.570. The van der Waals surface area contributed by atoms with Gasteiger partial charge in [0.25, 0.3) is 0 Å². The van der Waals surface area contributed by atoms with Crippen LogP contribution in [0.15, 0.2) is 4.99 Å². The highest BCUT2D eigenvalue weighted by atomic mass is 127. The van der Waals surface area contributed by atoms with E-state index in [1.807, 2.05) is 13.8 Å². The van der Waals surface area contributed by atoms with Crippen molar-refractivity contribution in [2.75, 3.05) is 40.0 Å². The Labute approximate surface area is 145 Å². The van der Waals surface area contributed by atoms with Crippen LogP contribution in [0, 0.1) is 5.92 Å². The van der Waals surface area contributed by atoms with Gasteiger partial charge in [0.1, 0.15) is 0 Å². The maximum Gasteiger partial charge on any atom is 0.310 e. The van der Waals surface area contributed by atoms with Crippen LogP contribution in [0.2, 0.25) is 0 Å². The molecule has 1 atom stereocenters. The zero-order chi connectivity index (χ0) is 15.2. The van der Waals surface area contributed by atoms with Crippen LogP contribution in [0.4, 0.5) is 0 Å². The molecule has 0 saturated heterocycles. The zero-order valence-electron chi connectivity index (χ0n) is 13.6. The Balaban J connectivity index is 0. The molecule has 0 rings (SSSR count). The second-order valence-corrected chi connectivity index (χ2v) is 4.47. The first-order valence-corrected chi connectivity index (χ1v) is 7.33. The Morgan fingerprint density at radius 2 is 1.95 bits per heavy atom. The van der Waals surface area contributed by atoms with E-state index < -0.39 is 0 Å². The summed E-state index contributed by atoms with van der Waals surface area (Å²) in [7, 11) is 1.39. The molecule has 0 aromatic carbocycles. The summed E-state index contributed by atoms with van der Waals surface area (Å²) in [6.45, 7) is 9.42. The molecular formula is C14H30IN3O3. The van der Waals surface area contributed by atoms with Crippen molar-refractivity contribution in [1.82, 2.24) is 10.6 Å². The van der Waals surface area contributed by atoms with Gasteiger partial charge < -0.3 is 20.1 Å². The standard InChI is InChI=1S/C14H29N3O3.HI/c1-5-15-14(16-9-7-8-10-20-6-2)17-11-12(3)13(18)19-4;/h12H,5-11H2,1-4H3,(H2,15,16,17);1H. The number of nitrogens with zero attached hydrogens (tertiary/aromatic N) is 1. The van der Waals surface area contributed by atoms with Crippen molar-refractivity contribution in [2.24, 2.45) is 10.9 Å². The summed E-state index contributed by atoms with van der Waals surface area (Å²) in [5.74, 6) is 0.273. The van der Waals surface area contributed by atoms with Crippen molar-refractivity contribution in [3.8, 4) is 0 Å². The van der Waals surface area contributed by atoms with Crippen molar-refractivity contribution < 1.29 is 14.3 Å². The first kappa shape index (κ1) is 22.7. The summed E-state index contributed by atoms with van der Waals surface area (Å²) in [6.07, 6.45) is 2.05. The fourth-order valence-corrected chi connectivity index (χ4v) is 1.53. The lowest BCUT2D eigenvalue weighted by atomic mass is 10.2. The molecule has 0 aromatic rings. The average Bonchev–Trinajstić information content (AvgIpc) is 2.46. The monoisotopic (exact) mass is 415 g/mol. The molecule has 0 aromatic heterocycles. The molecule has 0 aliphatic carbocycles. The second kappa shape index (κ2) is 15.8. The van der Waals surface area contributed by atoms with Gasteiger partial charge in [0, 0.05) is 26.3 Å². The number of hydrogen-bond donors (Lipinski definition) is 2. The Bertz CT molecular complexity index is 289. The summed E-state index contributed by atoms with van der Waals surface area (Å²) in [6, 6.07) is 0. The van der Waals surface area contributed by atoms with E-state index in [0.29, 0.717) is 6.54 Å². The number of ether oxygens (including phenoxy) is 2. The third-order valence-corrected chi connectivity index (χ3v) is 2.68. The summed E-state index contributed by atoms with van der Waals surface area (Å²) in [5.41, 5.74) is 0. The van der Waals surface area contributed by atoms with E-state index in [1.54, 1.807) is 6.92 Å². The van der Waals surface area contributed by atoms with Gasteiger partial charge in [0.15, 0.2) is 5.96 Å². The molecule has 126 valence electrons. The number of aliphatic imine (C=N–C) groups is 1. The first-order valence-electron chi connectivity index (χ1n) is 7.33. The SMILES string of the molecule is CCNC(=NCC(C)C(=O)OC)NCCCCOCC.I. The van der Waals surface area contributed by atoms with Crippen molar-refractivity contribution in [2.45, 2.75) is 33.6 Å². The molecule has 0 spiro atoms. The minimum absolute atomic E-state index is 0. The molecule has 0 aliphatic heterocycles. The molecule has 0 amide bonds. The van der Waals surface area contributed by atoms with E-state index >= 15 is 0 Å². The van der Waals surface area contributed by atoms with Crippen LogP contribution in [0.1, 0.15) is 33.6 Å². The number of esters is 1. The van der Waals surface area contributed by atoms with Crippen LogP contribution < -0.4 is 10.6 Å². The van der Waals surface area contributed by atoms with Crippen LogP contribution >= 0.6 is 24.0 Å². The number of unbranched alkanes of at least 4 members (excludes halogenated alkanes) is 1. The summed E-state index contributed by atoms with van der Waals surface area (Å²) in [4.78, 5) is 15.7. The molecule has 0 saturated carbocycles. The minimum atomic E-state index is -0.235. The van der Waals surface area contributed by atoms with E-state index in [4.69, 9.17) is 4.74 Å². The van der Waals surface area contributed by atoms with E-state index in [-0.39, 0.29) is 35.9 Å². The molecule has 0 heterocycles. The average molecular weight is 415 g/mol. The minimum Gasteiger partial charge on any atom is -0.469 e. The number of carbonyl (C=O) groups excluding carboxylic acids is 1. The predicted molar refractivity (Wildman–Crippen MR) is 96.3 cm³/mol. The van der Waals surface area contributed by atoms with Crippen LogP contribution in [0.5, 0.6) is 0 Å². The smallest absolute Gasteiger partial charge is 0.310 e. The quantitative estimate of drug-likeness (QED) is 0.187. The third kappa shape index (κ3) is 12.9. The van der Waals surface area contributed by atoms with Crippen molar-refractivity contribution in [3.63, 3.8) is 0 Å². The largest absolute Gasteiger partial charge is 0.469 e. The van der Waals surface area contributed by atoms with Crippen molar-refractivity contribution >= 4 is 35.9 Å². The summed E-state index contributed by atoms with van der Waals surface area (Å²) in [5, 5.41) is 6.39. The number of hydrogen-bond acceptors (Lipinski definition) is 4. The van der Waals surface area contributed by atoms with E-state index in [9.17, 15) is 4.79 Å². The van der Waals surface area contributed by atoms with Crippen LogP contribution in [-0.4, -0.2) is 51.9 Å². The van der Waals surface area contributed by atoms with Crippen LogP contribution in [-0.2, 0) is 14.3 Å². The van der Waals surface area contributed by atoms with Gasteiger partial charge in [-0.2, -0.15) is 0 Å². The number of halogens is 1. The van der Waals surface area contributed by atoms with Crippen molar-refractivity contribution in [3.05, 3.63) is 0 Å². The van der Waals surface area contributed by atoms with E-state index in [1.165, 1.54) is 7.11 Å². The van der Waals surface area contributed by atoms with Crippen molar-refractivity contribution in [1.29, 1.82) is 0 Å². The summed E-state index contributed by atoms with van der Waals surface area (Å²) < 4.78 is 9.96. The van der Waals surface area contributed by atoms with Gasteiger partial charge in [-0.25, -0.2) is 0 Å². The Morgan fingerprint density at radius 1 is 1.24 bits per heavy atom. The number of rotatable bonds is 10. The first-order chi connectivity index (χ1) is 9.65. The Kier molecular flexibility index (Phi) is 17.1. The van der Waals surface area contributed by atoms with Gasteiger partial charge in [-0.1, -0.05) is 6.92 Å². The fraction of sp³-hybridized carbons (Fsp3) is 0.857. The van der Waals surface area contributed by atoms with Gasteiger partial charge in [0.2, 0.25) is 0 Å². The van der Waals surface area contributed by atoms with Crippen LogP contribution in [0.25, 0.3) is 0 Å². The maximum atomic E-state index is 11.3. The Morgan fingerprint density at radius 3 is 2.52 bits per heavy atom. The highest BCUT2D eigenvalue weighted by molar-refractivity contribution is 14.0. The lowest BCUT2D eigenvalue weighted by molar-refractivity contribution is -0.144. The number of guanidine groups is 1. The molecule has 7 heteroatoms. The van der Waals surface area contributed by atoms with E-state index in [2.05, 4.69) is 20.4 Å². The molecule has 0 aliphatic rings. The lowest BCUT2D eigenvalue weighted by Gasteiger charge is -2.12. The maximum absolute atomic E-state index is 11.3. The van der Waals surface area contributed by atoms with Gasteiger partial charge in [-0.3, -0.25) is 9.79 Å². The number of nitrogens with one attached hydrogen (secondary N) is 2. The van der Waals surface area contributed by atoms with Crippen LogP contribution in [0.3, 0.4) is 0 Å². The van der Waals surface area contributed by atoms with Gasteiger partial charge in [-0.15, -0.1) is 24.0 Å². The normalized spacial score (nSPS) is 12.3. The highest BCUT2D eigenvalue weighted by Gasteiger charge is 2.12. The molecule has 0 fully saturated rings. The molecule has 6 nitrogen and oxygen atoms in total. The van der Waals surface area contributed by atoms with Gasteiger partial charge >= 0.3 is 5.97 Å². The highest BCUT2D eigenvalue weighted by Crippen LogP contribution is 1.98. The van der Waals surface area contributed by atoms with E-state index in [0.717, 1.165) is 45.1 Å². The number of carbonyl (C=O) groups is 1. The molecule has 0 bridgehead atoms. The number of methoxy groups -OCH3 is 1. The summed E-state index contributed by atoms with van der Waals surface area (Å²) >= 11 is 0. The predicted octanol–water partition coefficient (Wildman–Crippen LogP) is 1.79. The molecule has 1 unspecified atom stereocenters. The third-order valence-electron chi connectivity index (χ3n) is 2.68. The molecule has 0 radical (unpaired) electrons. The molecule has 2 N–H and O–H groups in total. The second-order valence-electron chi connectivity index (χ2n) is 4.47. The molecular weight excluding hydrogens is 385 g/mol.